The topological polar surface area (TPSA) is 15.3 Å². The summed E-state index contributed by atoms with van der Waals surface area (Å²) in [7, 11) is 0. The quantitative estimate of drug-likeness (QED) is 0.814. The number of nitrogens with zero attached hydrogens (tertiary/aromatic N) is 1. The van der Waals surface area contributed by atoms with Gasteiger partial charge in [0.15, 0.2) is 0 Å². The lowest BCUT2D eigenvalue weighted by Crippen LogP contribution is -2.25. The first-order valence-electron chi connectivity index (χ1n) is 7.61. The maximum atomic E-state index is 5.98. The minimum Gasteiger partial charge on any atom is -0.371 e. The normalized spacial score (nSPS) is 13.5. The van der Waals surface area contributed by atoms with Gasteiger partial charge in [0.05, 0.1) is 0 Å². The van der Waals surface area contributed by atoms with Crippen molar-refractivity contribution in [2.24, 2.45) is 0 Å². The highest BCUT2D eigenvalue weighted by Gasteiger charge is 2.16. The second-order valence-corrected chi connectivity index (χ2v) is 5.96. The number of fused-ring (bicyclic) bond motifs is 1. The average molecular weight is 301 g/mol. The van der Waals surface area contributed by atoms with Gasteiger partial charge in [-0.1, -0.05) is 41.9 Å². The van der Waals surface area contributed by atoms with Gasteiger partial charge in [0.1, 0.15) is 0 Å². The molecular weight excluding hydrogens is 280 g/mol. The molecular formula is C18H21ClN2. The van der Waals surface area contributed by atoms with E-state index in [-0.39, 0.29) is 0 Å². The van der Waals surface area contributed by atoms with E-state index >= 15 is 0 Å². The summed E-state index contributed by atoms with van der Waals surface area (Å²) in [5, 5.41) is 4.30. The molecule has 0 spiro atoms. The molecule has 0 radical (unpaired) electrons. The van der Waals surface area contributed by atoms with E-state index in [1.54, 1.807) is 0 Å². The fourth-order valence-corrected chi connectivity index (χ4v) is 3.13. The molecule has 3 heteroatoms. The van der Waals surface area contributed by atoms with Gasteiger partial charge in [0.2, 0.25) is 0 Å². The molecule has 2 aromatic rings. The average Bonchev–Trinajstić information content (AvgIpc) is 2.90. The molecule has 1 N–H and O–H groups in total. The molecule has 1 aliphatic heterocycles. The van der Waals surface area contributed by atoms with Crippen molar-refractivity contribution < 1.29 is 0 Å². The monoisotopic (exact) mass is 300 g/mol. The summed E-state index contributed by atoms with van der Waals surface area (Å²) in [5.74, 6) is 0. The lowest BCUT2D eigenvalue weighted by atomic mass is 10.2. The van der Waals surface area contributed by atoms with E-state index in [0.717, 1.165) is 37.6 Å². The van der Waals surface area contributed by atoms with Crippen LogP contribution in [0.25, 0.3) is 0 Å². The molecule has 0 bridgehead atoms. The molecule has 1 aliphatic rings. The minimum absolute atomic E-state index is 0.808. The molecule has 110 valence electrons. The molecule has 0 unspecified atom stereocenters. The van der Waals surface area contributed by atoms with Gasteiger partial charge in [-0.15, -0.1) is 0 Å². The molecule has 0 amide bonds. The van der Waals surface area contributed by atoms with Crippen molar-refractivity contribution in [2.75, 3.05) is 24.5 Å². The molecule has 2 nitrogen and oxygen atoms in total. The molecule has 1 heterocycles. The summed E-state index contributed by atoms with van der Waals surface area (Å²) >= 11 is 5.98. The zero-order valence-corrected chi connectivity index (χ0v) is 12.9. The second kappa shape index (κ2) is 6.97. The number of anilines is 1. The van der Waals surface area contributed by atoms with E-state index in [0.29, 0.717) is 0 Å². The minimum atomic E-state index is 0.808. The number of halogens is 1. The Morgan fingerprint density at radius 2 is 2.00 bits per heavy atom. The molecule has 0 aliphatic carbocycles. The Labute approximate surface area is 131 Å². The Morgan fingerprint density at radius 3 is 2.90 bits per heavy atom. The lowest BCUT2D eigenvalue weighted by Gasteiger charge is -2.19. The van der Waals surface area contributed by atoms with Crippen LogP contribution in [0.2, 0.25) is 5.02 Å². The van der Waals surface area contributed by atoms with Gasteiger partial charge in [0, 0.05) is 30.3 Å². The maximum Gasteiger partial charge on any atom is 0.0409 e. The number of para-hydroxylation sites is 1. The van der Waals surface area contributed by atoms with E-state index in [1.807, 2.05) is 18.2 Å². The highest BCUT2D eigenvalue weighted by Crippen LogP contribution is 2.27. The van der Waals surface area contributed by atoms with Crippen LogP contribution in [-0.4, -0.2) is 19.6 Å². The third-order valence-electron chi connectivity index (χ3n) is 3.98. The van der Waals surface area contributed by atoms with E-state index in [9.17, 15) is 0 Å². The molecule has 3 rings (SSSR count). The molecule has 0 atom stereocenters. The van der Waals surface area contributed by atoms with Crippen molar-refractivity contribution in [3.05, 3.63) is 64.7 Å². The molecule has 0 aromatic heterocycles. The van der Waals surface area contributed by atoms with E-state index in [1.165, 1.54) is 23.2 Å². The largest absolute Gasteiger partial charge is 0.371 e. The first-order chi connectivity index (χ1) is 10.3. The van der Waals surface area contributed by atoms with Crippen LogP contribution in [0.1, 0.15) is 17.5 Å². The fourth-order valence-electron chi connectivity index (χ4n) is 2.91. The first kappa shape index (κ1) is 14.4. The van der Waals surface area contributed by atoms with Crippen LogP contribution in [-0.2, 0) is 13.0 Å². The number of rotatable bonds is 6. The van der Waals surface area contributed by atoms with Gasteiger partial charge >= 0.3 is 0 Å². The van der Waals surface area contributed by atoms with Gasteiger partial charge in [0.25, 0.3) is 0 Å². The van der Waals surface area contributed by atoms with Crippen LogP contribution in [0.5, 0.6) is 0 Å². The predicted molar refractivity (Wildman–Crippen MR) is 90.1 cm³/mol. The number of nitrogens with one attached hydrogen (secondary N) is 1. The van der Waals surface area contributed by atoms with E-state index in [4.69, 9.17) is 11.6 Å². The third kappa shape index (κ3) is 3.78. The standard InChI is InChI=1S/C18H21ClN2/c19-17-7-3-5-15(13-17)14-20-10-4-11-21-12-9-16-6-1-2-8-18(16)21/h1-3,5-8,13,20H,4,9-12,14H2. The van der Waals surface area contributed by atoms with Crippen LogP contribution >= 0.6 is 11.6 Å². The zero-order valence-electron chi connectivity index (χ0n) is 12.2. The Balaban J connectivity index is 1.40. The van der Waals surface area contributed by atoms with Gasteiger partial charge in [-0.05, 0) is 48.7 Å². The fraction of sp³-hybridized carbons (Fsp3) is 0.333. The summed E-state index contributed by atoms with van der Waals surface area (Å²) in [6.07, 6.45) is 2.35. The van der Waals surface area contributed by atoms with Crippen molar-refractivity contribution in [1.29, 1.82) is 0 Å². The summed E-state index contributed by atoms with van der Waals surface area (Å²) in [6.45, 7) is 4.20. The van der Waals surface area contributed by atoms with Crippen LogP contribution in [0.4, 0.5) is 5.69 Å². The molecule has 0 fully saturated rings. The van der Waals surface area contributed by atoms with Gasteiger partial charge in [-0.3, -0.25) is 0 Å². The van der Waals surface area contributed by atoms with Crippen LogP contribution in [0, 0.1) is 0 Å². The number of hydrogen-bond donors (Lipinski definition) is 1. The summed E-state index contributed by atoms with van der Waals surface area (Å²) in [4.78, 5) is 2.50. The Bertz CT molecular complexity index is 597. The van der Waals surface area contributed by atoms with E-state index in [2.05, 4.69) is 40.5 Å². The molecule has 0 saturated carbocycles. The Morgan fingerprint density at radius 1 is 1.10 bits per heavy atom. The van der Waals surface area contributed by atoms with Crippen molar-refractivity contribution in [3.63, 3.8) is 0 Å². The van der Waals surface area contributed by atoms with Crippen LogP contribution in [0.3, 0.4) is 0 Å². The van der Waals surface area contributed by atoms with Crippen molar-refractivity contribution >= 4 is 17.3 Å². The molecule has 21 heavy (non-hydrogen) atoms. The first-order valence-corrected chi connectivity index (χ1v) is 7.99. The number of benzene rings is 2. The lowest BCUT2D eigenvalue weighted by molar-refractivity contribution is 0.638. The Kier molecular flexibility index (Phi) is 4.79. The van der Waals surface area contributed by atoms with Crippen molar-refractivity contribution in [1.82, 2.24) is 5.32 Å². The third-order valence-corrected chi connectivity index (χ3v) is 4.22. The highest BCUT2D eigenvalue weighted by molar-refractivity contribution is 6.30. The van der Waals surface area contributed by atoms with Crippen LogP contribution < -0.4 is 10.2 Å². The van der Waals surface area contributed by atoms with Crippen molar-refractivity contribution in [2.45, 2.75) is 19.4 Å². The molecule has 0 saturated heterocycles. The SMILES string of the molecule is Clc1cccc(CNCCCN2CCc3ccccc32)c1. The van der Waals surface area contributed by atoms with Crippen LogP contribution in [0.15, 0.2) is 48.5 Å². The highest BCUT2D eigenvalue weighted by atomic mass is 35.5. The molecule has 2 aromatic carbocycles. The maximum absolute atomic E-state index is 5.98. The summed E-state index contributed by atoms with van der Waals surface area (Å²) in [6, 6.07) is 16.8. The summed E-state index contributed by atoms with van der Waals surface area (Å²) in [5.41, 5.74) is 4.16. The second-order valence-electron chi connectivity index (χ2n) is 5.53. The van der Waals surface area contributed by atoms with Crippen molar-refractivity contribution in [3.8, 4) is 0 Å². The van der Waals surface area contributed by atoms with Gasteiger partial charge < -0.3 is 10.2 Å². The predicted octanol–water partition coefficient (Wildman–Crippen LogP) is 3.88. The summed E-state index contributed by atoms with van der Waals surface area (Å²) < 4.78 is 0. The Hall–Kier alpha value is -1.51. The van der Waals surface area contributed by atoms with Gasteiger partial charge in [-0.2, -0.15) is 0 Å². The van der Waals surface area contributed by atoms with E-state index < -0.39 is 0 Å². The number of hydrogen-bond acceptors (Lipinski definition) is 2. The zero-order chi connectivity index (χ0) is 14.5. The van der Waals surface area contributed by atoms with Gasteiger partial charge in [-0.25, -0.2) is 0 Å². The smallest absolute Gasteiger partial charge is 0.0409 e.